The Hall–Kier alpha value is -3.02. The molecule has 1 aliphatic heterocycles. The number of rotatable bonds is 6. The molecule has 0 aliphatic carbocycles. The maximum Gasteiger partial charge on any atom is 0.314 e. The molecule has 0 bridgehead atoms. The summed E-state index contributed by atoms with van der Waals surface area (Å²) in [4.78, 5) is 36.8. The van der Waals surface area contributed by atoms with Gasteiger partial charge in [0.2, 0.25) is 10.0 Å². The van der Waals surface area contributed by atoms with E-state index in [-0.39, 0.29) is 17.0 Å². The van der Waals surface area contributed by atoms with Crippen LogP contribution < -0.4 is 20.7 Å². The summed E-state index contributed by atoms with van der Waals surface area (Å²) in [5.41, 5.74) is -0.301. The molecule has 0 saturated carbocycles. The zero-order chi connectivity index (χ0) is 22.0. The van der Waals surface area contributed by atoms with E-state index in [2.05, 4.69) is 36.4 Å². The number of sulfonamides is 1. The first-order valence-corrected chi connectivity index (χ1v) is 11.5. The van der Waals surface area contributed by atoms with Gasteiger partial charge in [-0.1, -0.05) is 13.0 Å². The van der Waals surface area contributed by atoms with Gasteiger partial charge in [-0.15, -0.1) is 0 Å². The third kappa shape index (κ3) is 4.68. The average Bonchev–Trinajstić information content (AvgIpc) is 2.78. The highest BCUT2D eigenvalue weighted by atomic mass is 32.2. The first-order chi connectivity index (χ1) is 14.9. The predicted molar refractivity (Wildman–Crippen MR) is 118 cm³/mol. The number of benzene rings is 1. The highest BCUT2D eigenvalue weighted by Crippen LogP contribution is 2.16. The molecule has 0 amide bonds. The molecule has 3 N–H and O–H groups in total. The van der Waals surface area contributed by atoms with Crippen LogP contribution in [0, 0.1) is 0 Å². The molecule has 0 unspecified atom stereocenters. The lowest BCUT2D eigenvalue weighted by molar-refractivity contribution is 0.270. The van der Waals surface area contributed by atoms with Crippen LogP contribution >= 0.6 is 0 Å². The number of aromatic nitrogens is 3. The number of hydrogen-bond acceptors (Lipinski definition) is 7. The molecule has 164 valence electrons. The molecule has 0 atom stereocenters. The Labute approximate surface area is 179 Å². The largest absolute Gasteiger partial charge is 0.354 e. The van der Waals surface area contributed by atoms with Gasteiger partial charge in [0.05, 0.1) is 15.9 Å². The molecular weight excluding hydrogens is 420 g/mol. The second-order valence-electron chi connectivity index (χ2n) is 7.39. The fraction of sp³-hybridized carbons (Fsp3) is 0.350. The van der Waals surface area contributed by atoms with Crippen LogP contribution in [0.25, 0.3) is 11.0 Å². The molecule has 1 saturated heterocycles. The second kappa shape index (κ2) is 8.61. The Morgan fingerprint density at radius 1 is 1.00 bits per heavy atom. The number of H-pyrrole nitrogens is 2. The van der Waals surface area contributed by atoms with Crippen molar-refractivity contribution in [2.45, 2.75) is 18.4 Å². The minimum atomic E-state index is -3.82. The van der Waals surface area contributed by atoms with Crippen molar-refractivity contribution in [2.75, 3.05) is 37.6 Å². The number of piperazine rings is 1. The molecule has 4 rings (SSSR count). The first-order valence-electron chi connectivity index (χ1n) is 10.0. The Morgan fingerprint density at radius 2 is 1.71 bits per heavy atom. The van der Waals surface area contributed by atoms with Crippen molar-refractivity contribution in [3.8, 4) is 0 Å². The summed E-state index contributed by atoms with van der Waals surface area (Å²) in [6, 6.07) is 7.89. The van der Waals surface area contributed by atoms with Crippen LogP contribution in [-0.4, -0.2) is 61.0 Å². The summed E-state index contributed by atoms with van der Waals surface area (Å²) in [6.45, 7) is 7.13. The SMILES string of the molecule is CCN1CCN(c2ccc(CNS(=O)(=O)c3ccc4[nH]c(=O)c(=O)[nH]c4c3)cn2)CC1. The summed E-state index contributed by atoms with van der Waals surface area (Å²) >= 11 is 0. The molecule has 3 heterocycles. The van der Waals surface area contributed by atoms with Gasteiger partial charge in [0.15, 0.2) is 0 Å². The Morgan fingerprint density at radius 3 is 2.35 bits per heavy atom. The lowest BCUT2D eigenvalue weighted by Gasteiger charge is -2.34. The number of anilines is 1. The van der Waals surface area contributed by atoms with Gasteiger partial charge in [0.1, 0.15) is 5.82 Å². The molecular formula is C20H24N6O4S. The second-order valence-corrected chi connectivity index (χ2v) is 9.15. The Kier molecular flexibility index (Phi) is 5.90. The van der Waals surface area contributed by atoms with E-state index in [9.17, 15) is 18.0 Å². The fourth-order valence-electron chi connectivity index (χ4n) is 3.52. The third-order valence-corrected chi connectivity index (χ3v) is 6.82. The molecule has 3 aromatic rings. The average molecular weight is 445 g/mol. The monoisotopic (exact) mass is 444 g/mol. The minimum absolute atomic E-state index is 0.0129. The molecule has 0 radical (unpaired) electrons. The third-order valence-electron chi connectivity index (χ3n) is 5.42. The van der Waals surface area contributed by atoms with Gasteiger partial charge in [-0.25, -0.2) is 18.1 Å². The van der Waals surface area contributed by atoms with Crippen LogP contribution in [0.4, 0.5) is 5.82 Å². The zero-order valence-corrected chi connectivity index (χ0v) is 17.9. The van der Waals surface area contributed by atoms with Crippen molar-refractivity contribution < 1.29 is 8.42 Å². The highest BCUT2D eigenvalue weighted by Gasteiger charge is 2.18. The fourth-order valence-corrected chi connectivity index (χ4v) is 4.57. The van der Waals surface area contributed by atoms with Gasteiger partial charge in [0.25, 0.3) is 0 Å². The van der Waals surface area contributed by atoms with E-state index in [1.165, 1.54) is 18.2 Å². The first kappa shape index (κ1) is 21.2. The number of likely N-dealkylation sites (N-methyl/N-ethyl adjacent to an activating group) is 1. The van der Waals surface area contributed by atoms with Crippen molar-refractivity contribution in [3.05, 3.63) is 62.8 Å². The van der Waals surface area contributed by atoms with Gasteiger partial charge >= 0.3 is 11.1 Å². The summed E-state index contributed by atoms with van der Waals surface area (Å²) in [6.07, 6.45) is 1.67. The van der Waals surface area contributed by atoms with Gasteiger partial charge in [0, 0.05) is 38.9 Å². The lowest BCUT2D eigenvalue weighted by atomic mass is 10.2. The molecule has 10 nitrogen and oxygen atoms in total. The topological polar surface area (TPSA) is 131 Å². The molecule has 0 spiro atoms. The normalized spacial score (nSPS) is 15.5. The van der Waals surface area contributed by atoms with E-state index in [1.54, 1.807) is 6.20 Å². The molecule has 2 aromatic heterocycles. The van der Waals surface area contributed by atoms with E-state index >= 15 is 0 Å². The molecule has 1 aliphatic rings. The quantitative estimate of drug-likeness (QED) is 0.464. The molecule has 31 heavy (non-hydrogen) atoms. The maximum absolute atomic E-state index is 12.7. The van der Waals surface area contributed by atoms with Crippen LogP contribution in [0.1, 0.15) is 12.5 Å². The van der Waals surface area contributed by atoms with E-state index in [1.807, 2.05) is 12.1 Å². The maximum atomic E-state index is 12.7. The zero-order valence-electron chi connectivity index (χ0n) is 17.1. The standard InChI is InChI=1S/C20H24N6O4S/c1-2-25-7-9-26(10-8-25)18-6-3-14(12-21-18)13-22-31(29,30)15-4-5-16-17(11-15)24-20(28)19(27)23-16/h3-6,11-12,22H,2,7-10,13H2,1H3,(H,23,27)(H,24,28). The van der Waals surface area contributed by atoms with E-state index < -0.39 is 21.1 Å². The van der Waals surface area contributed by atoms with Gasteiger partial charge in [-0.2, -0.15) is 0 Å². The summed E-state index contributed by atoms with van der Waals surface area (Å²) in [5, 5.41) is 0. The molecule has 1 fully saturated rings. The summed E-state index contributed by atoms with van der Waals surface area (Å²) in [7, 11) is -3.82. The summed E-state index contributed by atoms with van der Waals surface area (Å²) < 4.78 is 27.9. The van der Waals surface area contributed by atoms with Crippen molar-refractivity contribution in [1.82, 2.24) is 24.6 Å². The minimum Gasteiger partial charge on any atom is -0.354 e. The highest BCUT2D eigenvalue weighted by molar-refractivity contribution is 7.89. The Bertz CT molecular complexity index is 1290. The smallest absolute Gasteiger partial charge is 0.314 e. The van der Waals surface area contributed by atoms with E-state index in [0.29, 0.717) is 5.52 Å². The van der Waals surface area contributed by atoms with Crippen LogP contribution in [0.3, 0.4) is 0 Å². The van der Waals surface area contributed by atoms with Gasteiger partial charge in [-0.3, -0.25) is 9.59 Å². The van der Waals surface area contributed by atoms with Crippen molar-refractivity contribution >= 4 is 26.9 Å². The molecule has 11 heteroatoms. The number of pyridine rings is 1. The number of nitrogens with zero attached hydrogens (tertiary/aromatic N) is 3. The van der Waals surface area contributed by atoms with Crippen molar-refractivity contribution in [1.29, 1.82) is 0 Å². The number of nitrogens with one attached hydrogen (secondary N) is 3. The molecule has 1 aromatic carbocycles. The number of aromatic amines is 2. The number of fused-ring (bicyclic) bond motifs is 1. The van der Waals surface area contributed by atoms with E-state index in [4.69, 9.17) is 0 Å². The van der Waals surface area contributed by atoms with Crippen molar-refractivity contribution in [3.63, 3.8) is 0 Å². The lowest BCUT2D eigenvalue weighted by Crippen LogP contribution is -2.46. The Balaban J connectivity index is 1.43. The van der Waals surface area contributed by atoms with Crippen molar-refractivity contribution in [2.24, 2.45) is 0 Å². The van der Waals surface area contributed by atoms with E-state index in [0.717, 1.165) is 44.1 Å². The van der Waals surface area contributed by atoms with Crippen LogP contribution in [-0.2, 0) is 16.6 Å². The number of hydrogen-bond donors (Lipinski definition) is 3. The van der Waals surface area contributed by atoms with Crippen LogP contribution in [0.2, 0.25) is 0 Å². The van der Waals surface area contributed by atoms with Crippen LogP contribution in [0.5, 0.6) is 0 Å². The summed E-state index contributed by atoms with van der Waals surface area (Å²) in [5.74, 6) is 0.884. The van der Waals surface area contributed by atoms with Crippen LogP contribution in [0.15, 0.2) is 51.0 Å². The van der Waals surface area contributed by atoms with Gasteiger partial charge < -0.3 is 19.8 Å². The predicted octanol–water partition coefficient (Wildman–Crippen LogP) is 0.232. The van der Waals surface area contributed by atoms with Gasteiger partial charge in [-0.05, 0) is 36.4 Å².